The number of rotatable bonds is 14. The zero-order chi connectivity index (χ0) is 17.0. The first kappa shape index (κ1) is 21.3. The SMILES string of the molecule is C=C(C)COCC(O)CCC(CC)CC(O)COCC(=C)C. The van der Waals surface area contributed by atoms with Crippen molar-refractivity contribution < 1.29 is 19.7 Å². The van der Waals surface area contributed by atoms with Crippen LogP contribution in [0.5, 0.6) is 0 Å². The monoisotopic (exact) mass is 314 g/mol. The Morgan fingerprint density at radius 3 is 1.86 bits per heavy atom. The quantitative estimate of drug-likeness (QED) is 0.484. The van der Waals surface area contributed by atoms with Crippen LogP contribution < -0.4 is 0 Å². The number of hydrogen-bond donors (Lipinski definition) is 2. The van der Waals surface area contributed by atoms with Gasteiger partial charge in [-0.1, -0.05) is 37.6 Å². The van der Waals surface area contributed by atoms with E-state index < -0.39 is 12.2 Å². The molecule has 0 aliphatic carbocycles. The minimum absolute atomic E-state index is 0.341. The minimum Gasteiger partial charge on any atom is -0.391 e. The van der Waals surface area contributed by atoms with Gasteiger partial charge in [0, 0.05) is 0 Å². The molecule has 0 amide bonds. The smallest absolute Gasteiger partial charge is 0.0776 e. The lowest BCUT2D eigenvalue weighted by Crippen LogP contribution is -2.22. The molecule has 0 spiro atoms. The van der Waals surface area contributed by atoms with Crippen molar-refractivity contribution >= 4 is 0 Å². The molecule has 0 bridgehead atoms. The maximum Gasteiger partial charge on any atom is 0.0776 e. The van der Waals surface area contributed by atoms with E-state index in [0.717, 1.165) is 24.0 Å². The molecule has 0 aliphatic rings. The van der Waals surface area contributed by atoms with Gasteiger partial charge in [-0.05, 0) is 39.0 Å². The lowest BCUT2D eigenvalue weighted by Gasteiger charge is -2.20. The fraction of sp³-hybridized carbons (Fsp3) is 0.778. The Hall–Kier alpha value is -0.680. The molecule has 0 aromatic carbocycles. The average Bonchev–Trinajstić information content (AvgIpc) is 2.42. The Balaban J connectivity index is 3.85. The molecule has 0 aromatic rings. The summed E-state index contributed by atoms with van der Waals surface area (Å²) in [6.07, 6.45) is 2.34. The van der Waals surface area contributed by atoms with E-state index in [2.05, 4.69) is 20.1 Å². The van der Waals surface area contributed by atoms with E-state index in [1.807, 2.05) is 13.8 Å². The molecular formula is C18H34O4. The van der Waals surface area contributed by atoms with Crippen molar-refractivity contribution in [3.8, 4) is 0 Å². The van der Waals surface area contributed by atoms with Crippen LogP contribution in [0.1, 0.15) is 46.5 Å². The number of aliphatic hydroxyl groups excluding tert-OH is 2. The van der Waals surface area contributed by atoms with Crippen molar-refractivity contribution in [3.63, 3.8) is 0 Å². The van der Waals surface area contributed by atoms with Crippen molar-refractivity contribution in [3.05, 3.63) is 24.3 Å². The molecule has 3 unspecified atom stereocenters. The summed E-state index contributed by atoms with van der Waals surface area (Å²) in [7, 11) is 0. The normalized spacial score (nSPS) is 15.3. The van der Waals surface area contributed by atoms with Crippen LogP contribution in [-0.2, 0) is 9.47 Å². The summed E-state index contributed by atoms with van der Waals surface area (Å²) in [4.78, 5) is 0. The standard InChI is InChI=1S/C18H34O4/c1-6-16(9-18(20)13-22-11-15(4)5)7-8-17(19)12-21-10-14(2)3/h16-20H,2,4,6-13H2,1,3,5H3. The highest BCUT2D eigenvalue weighted by molar-refractivity contribution is 4.88. The maximum absolute atomic E-state index is 9.98. The van der Waals surface area contributed by atoms with Gasteiger partial charge in [-0.25, -0.2) is 0 Å². The van der Waals surface area contributed by atoms with E-state index in [4.69, 9.17) is 9.47 Å². The van der Waals surface area contributed by atoms with E-state index in [1.54, 1.807) is 0 Å². The van der Waals surface area contributed by atoms with Gasteiger partial charge in [0.2, 0.25) is 0 Å². The van der Waals surface area contributed by atoms with Crippen molar-refractivity contribution in [2.75, 3.05) is 26.4 Å². The predicted molar refractivity (Wildman–Crippen MR) is 90.9 cm³/mol. The van der Waals surface area contributed by atoms with Gasteiger partial charge in [0.25, 0.3) is 0 Å². The van der Waals surface area contributed by atoms with Gasteiger partial charge in [-0.15, -0.1) is 0 Å². The molecule has 4 nitrogen and oxygen atoms in total. The van der Waals surface area contributed by atoms with Gasteiger partial charge in [-0.3, -0.25) is 0 Å². The van der Waals surface area contributed by atoms with Crippen LogP contribution in [0.4, 0.5) is 0 Å². The zero-order valence-corrected chi connectivity index (χ0v) is 14.5. The molecular weight excluding hydrogens is 280 g/mol. The molecule has 22 heavy (non-hydrogen) atoms. The lowest BCUT2D eigenvalue weighted by atomic mass is 9.92. The minimum atomic E-state index is -0.457. The van der Waals surface area contributed by atoms with Gasteiger partial charge in [0.1, 0.15) is 0 Å². The van der Waals surface area contributed by atoms with Crippen molar-refractivity contribution in [2.24, 2.45) is 5.92 Å². The number of ether oxygens (including phenoxy) is 2. The summed E-state index contributed by atoms with van der Waals surface area (Å²) in [5, 5.41) is 19.9. The van der Waals surface area contributed by atoms with E-state index >= 15 is 0 Å². The van der Waals surface area contributed by atoms with Gasteiger partial charge in [0.05, 0.1) is 38.6 Å². The fourth-order valence-electron chi connectivity index (χ4n) is 2.19. The molecule has 0 fully saturated rings. The number of hydrogen-bond acceptors (Lipinski definition) is 4. The molecule has 0 aliphatic heterocycles. The summed E-state index contributed by atoms with van der Waals surface area (Å²) in [5.74, 6) is 0.388. The molecule has 2 N–H and O–H groups in total. The van der Waals surface area contributed by atoms with Crippen molar-refractivity contribution in [1.29, 1.82) is 0 Å². The molecule has 3 atom stereocenters. The third-order valence-corrected chi connectivity index (χ3v) is 3.41. The second kappa shape index (κ2) is 12.8. The molecule has 0 radical (unpaired) electrons. The summed E-state index contributed by atoms with van der Waals surface area (Å²) in [6, 6.07) is 0. The number of aliphatic hydroxyl groups is 2. The summed E-state index contributed by atoms with van der Waals surface area (Å²) in [6.45, 7) is 15.1. The second-order valence-corrected chi connectivity index (χ2v) is 6.34. The van der Waals surface area contributed by atoms with Crippen LogP contribution in [0.25, 0.3) is 0 Å². The fourth-order valence-corrected chi connectivity index (χ4v) is 2.19. The summed E-state index contributed by atoms with van der Waals surface area (Å²) in [5.41, 5.74) is 1.91. The van der Waals surface area contributed by atoms with Gasteiger partial charge in [-0.2, -0.15) is 0 Å². The first-order chi connectivity index (χ1) is 10.3. The largest absolute Gasteiger partial charge is 0.391 e. The molecule has 0 rings (SSSR count). The highest BCUT2D eigenvalue weighted by atomic mass is 16.5. The lowest BCUT2D eigenvalue weighted by molar-refractivity contribution is 0.0226. The zero-order valence-electron chi connectivity index (χ0n) is 14.5. The summed E-state index contributed by atoms with van der Waals surface area (Å²) < 4.78 is 10.7. The van der Waals surface area contributed by atoms with Crippen LogP contribution in [0.15, 0.2) is 24.3 Å². The maximum atomic E-state index is 9.98. The van der Waals surface area contributed by atoms with E-state index in [-0.39, 0.29) is 0 Å². The van der Waals surface area contributed by atoms with Crippen LogP contribution in [0, 0.1) is 5.92 Å². The Bertz CT molecular complexity index is 314. The highest BCUT2D eigenvalue weighted by Gasteiger charge is 2.15. The molecule has 0 saturated carbocycles. The predicted octanol–water partition coefficient (Wildman–Crippen LogP) is 3.09. The molecule has 4 heteroatoms. The third-order valence-electron chi connectivity index (χ3n) is 3.41. The van der Waals surface area contributed by atoms with E-state index in [0.29, 0.717) is 45.2 Å². The van der Waals surface area contributed by atoms with E-state index in [9.17, 15) is 10.2 Å². The Kier molecular flexibility index (Phi) is 12.4. The van der Waals surface area contributed by atoms with Crippen LogP contribution in [-0.4, -0.2) is 48.8 Å². The topological polar surface area (TPSA) is 58.9 Å². The Labute approximate surface area is 135 Å². The molecule has 0 saturated heterocycles. The van der Waals surface area contributed by atoms with Gasteiger partial charge in [0.15, 0.2) is 0 Å². The van der Waals surface area contributed by atoms with Crippen LogP contribution >= 0.6 is 0 Å². The molecule has 130 valence electrons. The van der Waals surface area contributed by atoms with Crippen molar-refractivity contribution in [2.45, 2.75) is 58.7 Å². The molecule has 0 heterocycles. The molecule has 0 aromatic heterocycles. The van der Waals surface area contributed by atoms with Gasteiger partial charge < -0.3 is 19.7 Å². The third kappa shape index (κ3) is 13.0. The first-order valence-corrected chi connectivity index (χ1v) is 8.15. The highest BCUT2D eigenvalue weighted by Crippen LogP contribution is 2.19. The summed E-state index contributed by atoms with van der Waals surface area (Å²) >= 11 is 0. The first-order valence-electron chi connectivity index (χ1n) is 8.15. The Morgan fingerprint density at radius 2 is 1.41 bits per heavy atom. The Morgan fingerprint density at radius 1 is 0.909 bits per heavy atom. The van der Waals surface area contributed by atoms with Crippen LogP contribution in [0.2, 0.25) is 0 Å². The van der Waals surface area contributed by atoms with Crippen molar-refractivity contribution in [1.82, 2.24) is 0 Å². The van der Waals surface area contributed by atoms with E-state index in [1.165, 1.54) is 0 Å². The second-order valence-electron chi connectivity index (χ2n) is 6.34. The van der Waals surface area contributed by atoms with Crippen LogP contribution in [0.3, 0.4) is 0 Å². The van der Waals surface area contributed by atoms with Gasteiger partial charge >= 0.3 is 0 Å². The average molecular weight is 314 g/mol.